The number of hydrogen-bond donors (Lipinski definition) is 3. The molecule has 0 aromatic heterocycles. The summed E-state index contributed by atoms with van der Waals surface area (Å²) in [6.45, 7) is 6.32. The van der Waals surface area contributed by atoms with Crippen LogP contribution in [0.15, 0.2) is 24.3 Å². The summed E-state index contributed by atoms with van der Waals surface area (Å²) >= 11 is 0. The number of unbranched alkanes of at least 4 members (excludes halogenated alkanes) is 2. The highest BCUT2D eigenvalue weighted by atomic mass is 16.6. The molecule has 0 bridgehead atoms. The van der Waals surface area contributed by atoms with Gasteiger partial charge in [-0.15, -0.1) is 0 Å². The first-order valence-electron chi connectivity index (χ1n) is 12.6. The van der Waals surface area contributed by atoms with Gasteiger partial charge in [-0.05, 0) is 58.1 Å². The van der Waals surface area contributed by atoms with E-state index in [9.17, 15) is 24.0 Å². The van der Waals surface area contributed by atoms with Crippen LogP contribution in [0.3, 0.4) is 0 Å². The summed E-state index contributed by atoms with van der Waals surface area (Å²) in [6, 6.07) is 6.61. The molecule has 1 aromatic carbocycles. The molecular formula is C26H36N4O6. The lowest BCUT2D eigenvalue weighted by Gasteiger charge is -2.34. The maximum Gasteiger partial charge on any atom is 0.407 e. The Morgan fingerprint density at radius 2 is 1.83 bits per heavy atom. The van der Waals surface area contributed by atoms with Crippen molar-refractivity contribution >= 4 is 35.4 Å². The Morgan fingerprint density at radius 3 is 2.56 bits per heavy atom. The maximum atomic E-state index is 13.0. The number of para-hydroxylation sites is 1. The molecule has 36 heavy (non-hydrogen) atoms. The number of carbonyl (C=O) groups excluding carboxylic acids is 5. The van der Waals surface area contributed by atoms with Crippen molar-refractivity contribution in [2.24, 2.45) is 0 Å². The normalized spacial score (nSPS) is 19.7. The van der Waals surface area contributed by atoms with Gasteiger partial charge in [-0.1, -0.05) is 24.6 Å². The van der Waals surface area contributed by atoms with E-state index in [-0.39, 0.29) is 30.6 Å². The van der Waals surface area contributed by atoms with Crippen LogP contribution in [-0.4, -0.2) is 54.5 Å². The molecule has 2 aliphatic rings. The molecule has 3 rings (SSSR count). The van der Waals surface area contributed by atoms with E-state index in [2.05, 4.69) is 16.0 Å². The smallest absolute Gasteiger partial charge is 0.407 e. The third kappa shape index (κ3) is 7.53. The van der Waals surface area contributed by atoms with Gasteiger partial charge in [0.15, 0.2) is 0 Å². The Hall–Kier alpha value is -3.43. The van der Waals surface area contributed by atoms with E-state index in [4.69, 9.17) is 4.74 Å². The number of alkyl carbamates (subject to hydrolysis) is 1. The molecule has 1 fully saturated rings. The molecule has 1 saturated heterocycles. The second kappa shape index (κ2) is 12.0. The lowest BCUT2D eigenvalue weighted by molar-refractivity contribution is -0.137. The zero-order valence-electron chi connectivity index (χ0n) is 21.2. The molecule has 0 aliphatic carbocycles. The van der Waals surface area contributed by atoms with Crippen LogP contribution in [0, 0.1) is 0 Å². The Kier molecular flexibility index (Phi) is 9.06. The number of imide groups is 1. The highest BCUT2D eigenvalue weighted by molar-refractivity contribution is 6.02. The van der Waals surface area contributed by atoms with Gasteiger partial charge in [0.2, 0.25) is 23.6 Å². The van der Waals surface area contributed by atoms with E-state index in [0.29, 0.717) is 38.0 Å². The molecule has 2 atom stereocenters. The van der Waals surface area contributed by atoms with Crippen molar-refractivity contribution in [3.05, 3.63) is 29.8 Å². The topological polar surface area (TPSA) is 134 Å². The average Bonchev–Trinajstić information content (AvgIpc) is 2.81. The monoisotopic (exact) mass is 500 g/mol. The number of benzene rings is 1. The van der Waals surface area contributed by atoms with Crippen molar-refractivity contribution in [2.45, 2.75) is 83.3 Å². The van der Waals surface area contributed by atoms with E-state index in [0.717, 1.165) is 18.4 Å². The Balaban J connectivity index is 1.49. The third-order valence-electron chi connectivity index (χ3n) is 6.15. The number of hydrogen-bond acceptors (Lipinski definition) is 6. The van der Waals surface area contributed by atoms with Crippen molar-refractivity contribution < 1.29 is 28.7 Å². The largest absolute Gasteiger partial charge is 0.444 e. The highest BCUT2D eigenvalue weighted by Gasteiger charge is 2.35. The van der Waals surface area contributed by atoms with Crippen LogP contribution in [0.2, 0.25) is 0 Å². The van der Waals surface area contributed by atoms with E-state index in [1.165, 1.54) is 0 Å². The molecule has 10 heteroatoms. The number of nitrogens with one attached hydrogen (secondary N) is 3. The van der Waals surface area contributed by atoms with Crippen LogP contribution in [0.1, 0.15) is 77.2 Å². The molecule has 3 N–H and O–H groups in total. The number of fused-ring (bicyclic) bond motifs is 1. The fraction of sp³-hybridized carbons (Fsp3) is 0.577. The van der Waals surface area contributed by atoms with E-state index in [1.807, 2.05) is 45.0 Å². The van der Waals surface area contributed by atoms with Crippen LogP contribution in [0.4, 0.5) is 10.5 Å². The molecule has 0 spiro atoms. The van der Waals surface area contributed by atoms with Gasteiger partial charge in [-0.3, -0.25) is 24.5 Å². The van der Waals surface area contributed by atoms with Crippen molar-refractivity contribution in [2.75, 3.05) is 18.0 Å². The zero-order valence-corrected chi connectivity index (χ0v) is 21.2. The summed E-state index contributed by atoms with van der Waals surface area (Å²) in [5, 5.41) is 7.74. The number of anilines is 1. The van der Waals surface area contributed by atoms with Crippen LogP contribution >= 0.6 is 0 Å². The van der Waals surface area contributed by atoms with Crippen LogP contribution in [0.25, 0.3) is 0 Å². The summed E-state index contributed by atoms with van der Waals surface area (Å²) < 4.78 is 5.20. The predicted octanol–water partition coefficient (Wildman–Crippen LogP) is 2.51. The first-order chi connectivity index (χ1) is 17.0. The predicted molar refractivity (Wildman–Crippen MR) is 133 cm³/mol. The minimum Gasteiger partial charge on any atom is -0.444 e. The minimum absolute atomic E-state index is 0.00780. The van der Waals surface area contributed by atoms with Crippen molar-refractivity contribution in [3.63, 3.8) is 0 Å². The van der Waals surface area contributed by atoms with Crippen molar-refractivity contribution in [3.8, 4) is 0 Å². The SMILES string of the molecule is CC(C)(C)OC(=O)NCCCCCC(=O)N1CCC(C(=O)N[C@H]2CCC(=O)NC2=O)c2ccccc21. The number of carbonyl (C=O) groups is 5. The van der Waals surface area contributed by atoms with Gasteiger partial charge >= 0.3 is 6.09 Å². The maximum absolute atomic E-state index is 13.0. The fourth-order valence-corrected chi connectivity index (χ4v) is 4.41. The summed E-state index contributed by atoms with van der Waals surface area (Å²) in [5.74, 6) is -1.58. The van der Waals surface area contributed by atoms with Crippen LogP contribution < -0.4 is 20.9 Å². The molecule has 0 saturated carbocycles. The number of piperidine rings is 1. The van der Waals surface area contributed by atoms with Crippen LogP contribution in [0.5, 0.6) is 0 Å². The number of nitrogens with zero attached hydrogens (tertiary/aromatic N) is 1. The lowest BCUT2D eigenvalue weighted by atomic mass is 9.88. The van der Waals surface area contributed by atoms with Gasteiger partial charge in [0, 0.05) is 31.6 Å². The van der Waals surface area contributed by atoms with Gasteiger partial charge in [-0.2, -0.15) is 0 Å². The number of rotatable bonds is 8. The van der Waals surface area contributed by atoms with Gasteiger partial charge in [0.05, 0.1) is 5.92 Å². The summed E-state index contributed by atoms with van der Waals surface area (Å²) in [5.41, 5.74) is 0.929. The van der Waals surface area contributed by atoms with Gasteiger partial charge in [-0.25, -0.2) is 4.79 Å². The molecule has 2 heterocycles. The fourth-order valence-electron chi connectivity index (χ4n) is 4.41. The summed E-state index contributed by atoms with van der Waals surface area (Å²) in [4.78, 5) is 62.8. The average molecular weight is 501 g/mol. The van der Waals surface area contributed by atoms with Crippen molar-refractivity contribution in [1.29, 1.82) is 0 Å². The minimum atomic E-state index is -0.730. The lowest BCUT2D eigenvalue weighted by Crippen LogP contribution is -2.53. The molecule has 1 unspecified atom stereocenters. The first-order valence-corrected chi connectivity index (χ1v) is 12.6. The second-order valence-corrected chi connectivity index (χ2v) is 10.2. The van der Waals surface area contributed by atoms with Gasteiger partial charge in [0.1, 0.15) is 11.6 Å². The van der Waals surface area contributed by atoms with E-state index in [1.54, 1.807) is 4.90 Å². The van der Waals surface area contributed by atoms with Gasteiger partial charge in [0.25, 0.3) is 0 Å². The molecule has 1 aromatic rings. The summed E-state index contributed by atoms with van der Waals surface area (Å²) in [6.07, 6.45) is 3.06. The van der Waals surface area contributed by atoms with Gasteiger partial charge < -0.3 is 20.3 Å². The molecule has 10 nitrogen and oxygen atoms in total. The molecule has 2 aliphatic heterocycles. The Bertz CT molecular complexity index is 1000. The second-order valence-electron chi connectivity index (χ2n) is 10.2. The highest BCUT2D eigenvalue weighted by Crippen LogP contribution is 2.36. The van der Waals surface area contributed by atoms with Crippen molar-refractivity contribution in [1.82, 2.24) is 16.0 Å². The standard InChI is InChI=1S/C26H36N4O6/c1-26(2,3)36-25(35)27-15-8-4-5-11-22(32)30-16-14-18(17-9-6-7-10-20(17)30)23(33)28-19-12-13-21(31)29-24(19)34/h6-7,9-10,18-19H,4-5,8,11-16H2,1-3H3,(H,27,35)(H,28,33)(H,29,31,34)/t18?,19-/m0/s1. The molecular weight excluding hydrogens is 464 g/mol. The third-order valence-corrected chi connectivity index (χ3v) is 6.15. The number of amides is 5. The Labute approximate surface area is 211 Å². The quantitative estimate of drug-likeness (QED) is 0.371. The van der Waals surface area contributed by atoms with E-state index >= 15 is 0 Å². The first kappa shape index (κ1) is 27.2. The number of ether oxygens (including phenoxy) is 1. The zero-order chi connectivity index (χ0) is 26.3. The van der Waals surface area contributed by atoms with E-state index < -0.39 is 29.6 Å². The van der Waals surface area contributed by atoms with Crippen LogP contribution in [-0.2, 0) is 23.9 Å². The molecule has 5 amide bonds. The molecule has 196 valence electrons. The summed E-state index contributed by atoms with van der Waals surface area (Å²) in [7, 11) is 0. The Morgan fingerprint density at radius 1 is 1.08 bits per heavy atom. The molecule has 0 radical (unpaired) electrons.